The van der Waals surface area contributed by atoms with Crippen LogP contribution >= 0.6 is 0 Å². The number of ether oxygens (including phenoxy) is 1. The van der Waals surface area contributed by atoms with Crippen LogP contribution in [-0.2, 0) is 9.53 Å². The number of carboxylic acids is 1. The minimum atomic E-state index is -0.669. The molecule has 2 saturated heterocycles. The lowest BCUT2D eigenvalue weighted by atomic mass is 9.68. The van der Waals surface area contributed by atoms with Crippen LogP contribution in [0.1, 0.15) is 26.7 Å². The van der Waals surface area contributed by atoms with Crippen molar-refractivity contribution in [2.75, 3.05) is 19.7 Å². The van der Waals surface area contributed by atoms with E-state index in [1.54, 1.807) is 0 Å². The zero-order valence-corrected chi connectivity index (χ0v) is 9.38. The molecule has 0 aromatic carbocycles. The first kappa shape index (κ1) is 10.9. The van der Waals surface area contributed by atoms with E-state index in [2.05, 4.69) is 5.32 Å². The van der Waals surface area contributed by atoms with Crippen molar-refractivity contribution in [2.24, 2.45) is 11.3 Å². The van der Waals surface area contributed by atoms with Crippen LogP contribution in [0.15, 0.2) is 0 Å². The molecule has 4 nitrogen and oxygen atoms in total. The van der Waals surface area contributed by atoms with Crippen LogP contribution in [0.5, 0.6) is 0 Å². The summed E-state index contributed by atoms with van der Waals surface area (Å²) in [5, 5.41) is 12.4. The standard InChI is InChI=1S/C11H19NO3/c1-10(2)6-11(3-4-15-10)7-12-5-8(11)9(13)14/h8,12H,3-7H2,1-2H3,(H,13,14). The van der Waals surface area contributed by atoms with E-state index in [1.165, 1.54) is 0 Å². The lowest BCUT2D eigenvalue weighted by Gasteiger charge is -2.44. The van der Waals surface area contributed by atoms with Gasteiger partial charge in [-0.3, -0.25) is 4.79 Å². The molecular weight excluding hydrogens is 194 g/mol. The quantitative estimate of drug-likeness (QED) is 0.678. The van der Waals surface area contributed by atoms with Crippen LogP contribution in [0.4, 0.5) is 0 Å². The van der Waals surface area contributed by atoms with Gasteiger partial charge < -0.3 is 15.2 Å². The molecule has 2 aliphatic rings. The number of hydrogen-bond acceptors (Lipinski definition) is 3. The van der Waals surface area contributed by atoms with Crippen molar-refractivity contribution in [3.05, 3.63) is 0 Å². The van der Waals surface area contributed by atoms with Crippen LogP contribution in [0.2, 0.25) is 0 Å². The van der Waals surface area contributed by atoms with E-state index in [0.717, 1.165) is 19.4 Å². The highest BCUT2D eigenvalue weighted by Crippen LogP contribution is 2.46. The van der Waals surface area contributed by atoms with Gasteiger partial charge in [0.25, 0.3) is 0 Å². The fourth-order valence-electron chi connectivity index (χ4n) is 3.12. The lowest BCUT2D eigenvalue weighted by Crippen LogP contribution is -2.47. The number of nitrogens with one attached hydrogen (secondary N) is 1. The predicted molar refractivity (Wildman–Crippen MR) is 55.7 cm³/mol. The minimum Gasteiger partial charge on any atom is -0.481 e. The molecule has 0 aliphatic carbocycles. The van der Waals surface area contributed by atoms with E-state index in [-0.39, 0.29) is 16.9 Å². The Bertz CT molecular complexity index is 277. The van der Waals surface area contributed by atoms with Crippen molar-refractivity contribution in [3.63, 3.8) is 0 Å². The van der Waals surface area contributed by atoms with E-state index < -0.39 is 5.97 Å². The van der Waals surface area contributed by atoms with Gasteiger partial charge in [0.1, 0.15) is 0 Å². The van der Waals surface area contributed by atoms with Crippen molar-refractivity contribution in [1.82, 2.24) is 5.32 Å². The topological polar surface area (TPSA) is 58.6 Å². The maximum atomic E-state index is 11.2. The fraction of sp³-hybridized carbons (Fsp3) is 0.909. The summed E-state index contributed by atoms with van der Waals surface area (Å²) in [7, 11) is 0. The summed E-state index contributed by atoms with van der Waals surface area (Å²) in [5.74, 6) is -0.918. The number of hydrogen-bond donors (Lipinski definition) is 2. The molecule has 2 rings (SSSR count). The molecule has 2 atom stereocenters. The van der Waals surface area contributed by atoms with Crippen LogP contribution in [0.25, 0.3) is 0 Å². The summed E-state index contributed by atoms with van der Waals surface area (Å²) in [4.78, 5) is 11.2. The molecule has 0 aromatic rings. The SMILES string of the molecule is CC1(C)CC2(CCO1)CNCC2C(=O)O. The summed E-state index contributed by atoms with van der Waals surface area (Å²) >= 11 is 0. The lowest BCUT2D eigenvalue weighted by molar-refractivity contribution is -0.153. The molecule has 0 saturated carbocycles. The van der Waals surface area contributed by atoms with E-state index in [1.807, 2.05) is 13.8 Å². The Kier molecular flexibility index (Phi) is 2.51. The first-order valence-corrected chi connectivity index (χ1v) is 5.53. The van der Waals surface area contributed by atoms with E-state index in [9.17, 15) is 9.90 Å². The monoisotopic (exact) mass is 213 g/mol. The highest BCUT2D eigenvalue weighted by Gasteiger charge is 2.51. The van der Waals surface area contributed by atoms with Crippen molar-refractivity contribution in [1.29, 1.82) is 0 Å². The molecule has 2 aliphatic heterocycles. The Morgan fingerprint density at radius 1 is 1.53 bits per heavy atom. The molecule has 4 heteroatoms. The van der Waals surface area contributed by atoms with Gasteiger partial charge in [-0.15, -0.1) is 0 Å². The Morgan fingerprint density at radius 3 is 2.87 bits per heavy atom. The van der Waals surface area contributed by atoms with Crippen LogP contribution < -0.4 is 5.32 Å². The average molecular weight is 213 g/mol. The second-order valence-corrected chi connectivity index (χ2v) is 5.42. The zero-order chi connectivity index (χ0) is 11.1. The van der Waals surface area contributed by atoms with E-state index in [4.69, 9.17) is 4.74 Å². The predicted octanol–water partition coefficient (Wildman–Crippen LogP) is 0.866. The largest absolute Gasteiger partial charge is 0.481 e. The van der Waals surface area contributed by atoms with Crippen LogP contribution in [0.3, 0.4) is 0 Å². The summed E-state index contributed by atoms with van der Waals surface area (Å²) in [6.45, 7) is 6.19. The molecule has 2 heterocycles. The molecule has 0 amide bonds. The summed E-state index contributed by atoms with van der Waals surface area (Å²) < 4.78 is 5.66. The second-order valence-electron chi connectivity index (χ2n) is 5.42. The Balaban J connectivity index is 2.21. The molecule has 2 N–H and O–H groups in total. The van der Waals surface area contributed by atoms with Gasteiger partial charge in [0, 0.05) is 25.1 Å². The third-order valence-corrected chi connectivity index (χ3v) is 3.73. The van der Waals surface area contributed by atoms with Crippen molar-refractivity contribution in [2.45, 2.75) is 32.3 Å². The average Bonchev–Trinajstić information content (AvgIpc) is 2.45. The molecule has 86 valence electrons. The molecule has 2 fully saturated rings. The van der Waals surface area contributed by atoms with Gasteiger partial charge in [-0.2, -0.15) is 0 Å². The number of carbonyl (C=O) groups is 1. The molecule has 15 heavy (non-hydrogen) atoms. The first-order valence-electron chi connectivity index (χ1n) is 5.53. The summed E-state index contributed by atoms with van der Waals surface area (Å²) in [6.07, 6.45) is 1.70. The molecule has 0 bridgehead atoms. The number of rotatable bonds is 1. The maximum absolute atomic E-state index is 11.2. The van der Waals surface area contributed by atoms with Crippen LogP contribution in [-0.4, -0.2) is 36.4 Å². The van der Waals surface area contributed by atoms with Gasteiger partial charge in [-0.05, 0) is 26.7 Å². The molecular formula is C11H19NO3. The smallest absolute Gasteiger partial charge is 0.308 e. The third-order valence-electron chi connectivity index (χ3n) is 3.73. The summed E-state index contributed by atoms with van der Waals surface area (Å²) in [5.41, 5.74) is -0.272. The Morgan fingerprint density at radius 2 is 2.27 bits per heavy atom. The van der Waals surface area contributed by atoms with Gasteiger partial charge >= 0.3 is 5.97 Å². The van der Waals surface area contributed by atoms with Crippen molar-refractivity contribution < 1.29 is 14.6 Å². The number of aliphatic carboxylic acids is 1. The van der Waals surface area contributed by atoms with Crippen LogP contribution in [0, 0.1) is 11.3 Å². The van der Waals surface area contributed by atoms with E-state index >= 15 is 0 Å². The van der Waals surface area contributed by atoms with Crippen molar-refractivity contribution >= 4 is 5.97 Å². The van der Waals surface area contributed by atoms with Gasteiger partial charge in [0.05, 0.1) is 11.5 Å². The molecule has 2 unspecified atom stereocenters. The maximum Gasteiger partial charge on any atom is 0.308 e. The number of carboxylic acid groups (broad SMARTS) is 1. The summed E-state index contributed by atoms with van der Waals surface area (Å²) in [6, 6.07) is 0. The van der Waals surface area contributed by atoms with Gasteiger partial charge in [0.2, 0.25) is 0 Å². The van der Waals surface area contributed by atoms with Gasteiger partial charge in [-0.1, -0.05) is 0 Å². The molecule has 0 aromatic heterocycles. The highest BCUT2D eigenvalue weighted by atomic mass is 16.5. The zero-order valence-electron chi connectivity index (χ0n) is 9.38. The Hall–Kier alpha value is -0.610. The highest BCUT2D eigenvalue weighted by molar-refractivity contribution is 5.72. The second kappa shape index (κ2) is 3.46. The van der Waals surface area contributed by atoms with E-state index in [0.29, 0.717) is 13.2 Å². The molecule has 1 spiro atoms. The normalized spacial score (nSPS) is 39.5. The molecule has 0 radical (unpaired) electrons. The van der Waals surface area contributed by atoms with Gasteiger partial charge in [-0.25, -0.2) is 0 Å². The first-order chi connectivity index (χ1) is 6.95. The fourth-order valence-corrected chi connectivity index (χ4v) is 3.12. The van der Waals surface area contributed by atoms with Gasteiger partial charge in [0.15, 0.2) is 0 Å². The minimum absolute atomic E-state index is 0.0897. The Labute approximate surface area is 90.0 Å². The third kappa shape index (κ3) is 1.88. The van der Waals surface area contributed by atoms with Crippen molar-refractivity contribution in [3.8, 4) is 0 Å².